The Labute approximate surface area is 286 Å². The number of hydrazine groups is 1. The molecule has 0 aliphatic heterocycles. The molecular weight excluding hydrogens is 639 g/mol. The highest BCUT2D eigenvalue weighted by Gasteiger charge is 2.26. The molecule has 0 saturated heterocycles. The monoisotopic (exact) mass is 694 g/mol. The van der Waals surface area contributed by atoms with Gasteiger partial charge in [-0.3, -0.25) is 24.4 Å². The summed E-state index contributed by atoms with van der Waals surface area (Å²) >= 11 is 0. The van der Waals surface area contributed by atoms with Crippen molar-refractivity contribution in [3.8, 4) is 0 Å². The Bertz CT molecular complexity index is 1360. The van der Waals surface area contributed by atoms with Gasteiger partial charge in [0.05, 0.1) is 33.0 Å². The van der Waals surface area contributed by atoms with E-state index in [0.29, 0.717) is 39.3 Å². The summed E-state index contributed by atoms with van der Waals surface area (Å²) in [5, 5.41) is 10.7. The normalized spacial score (nSPS) is 12.3. The second kappa shape index (κ2) is 23.4. The highest BCUT2D eigenvalue weighted by atomic mass is 32.2. The van der Waals surface area contributed by atoms with Gasteiger partial charge in [-0.15, -0.1) is 0 Å². The molecule has 2 rings (SSSR count). The number of amides is 3. The molecule has 0 aliphatic carbocycles. The number of rotatable bonds is 27. The lowest BCUT2D eigenvalue weighted by Crippen LogP contribution is -2.51. The van der Waals surface area contributed by atoms with Crippen molar-refractivity contribution in [3.63, 3.8) is 0 Å². The highest BCUT2D eigenvalue weighted by Crippen LogP contribution is 2.21. The summed E-state index contributed by atoms with van der Waals surface area (Å²) in [5.74, 6) is -2.22. The topological polar surface area (TPSA) is 180 Å². The van der Waals surface area contributed by atoms with Gasteiger partial charge in [-0.1, -0.05) is 56.6 Å². The van der Waals surface area contributed by atoms with Gasteiger partial charge in [0.15, 0.2) is 0 Å². The van der Waals surface area contributed by atoms with E-state index in [1.54, 1.807) is 0 Å². The van der Waals surface area contributed by atoms with Gasteiger partial charge >= 0.3 is 0 Å². The summed E-state index contributed by atoms with van der Waals surface area (Å²) in [4.78, 5) is 37.5. The molecule has 5 N–H and O–H groups in total. The molecule has 0 aliphatic rings. The highest BCUT2D eigenvalue weighted by molar-refractivity contribution is 7.85. The Morgan fingerprint density at radius 3 is 2.23 bits per heavy atom. The summed E-state index contributed by atoms with van der Waals surface area (Å²) in [6, 6.07) is 8.35. The van der Waals surface area contributed by atoms with Gasteiger partial charge in [0, 0.05) is 50.7 Å². The molecule has 1 aromatic carbocycles. The number of ether oxygens (including phenoxy) is 2. The van der Waals surface area contributed by atoms with Crippen LogP contribution in [-0.2, 0) is 47.1 Å². The lowest BCUT2D eigenvalue weighted by Gasteiger charge is -2.19. The average Bonchev–Trinajstić information content (AvgIpc) is 3.39. The van der Waals surface area contributed by atoms with E-state index in [-0.39, 0.29) is 32.1 Å². The molecule has 2 aromatic rings. The molecule has 0 fully saturated rings. The van der Waals surface area contributed by atoms with Crippen LogP contribution in [0.5, 0.6) is 0 Å². The Morgan fingerprint density at radius 1 is 0.917 bits per heavy atom. The number of hydrogen-bond donors (Lipinski definition) is 5. The standard InChI is InChI=1S/C32H55BN6O8S/c1-34-38(2)24-27-23-26-11-8-9-12-29(26)39(27)18-14-31(41)37-28(25-48(43,44)45)32(42)36-17-20-47-22-21-46-19-16-35-30(40)13-7-5-3-4-6-10-15-33/h8-9,11-12,23,28,34H,3-7,10,13-22,24-25,33H2,1-2H3,(H,35,40)(H,36,42)(H,37,41)(H,43,44,45)/t28-/m0/s1. The first kappa shape index (κ1) is 41.2. The minimum Gasteiger partial charge on any atom is -0.377 e. The average molecular weight is 695 g/mol. The van der Waals surface area contributed by atoms with E-state index in [1.165, 1.54) is 32.0 Å². The zero-order chi connectivity index (χ0) is 35.2. The molecule has 1 aromatic heterocycles. The molecule has 48 heavy (non-hydrogen) atoms. The molecule has 1 atom stereocenters. The van der Waals surface area contributed by atoms with Crippen LogP contribution in [0.1, 0.15) is 57.1 Å². The number of fused-ring (bicyclic) bond motifs is 1. The van der Waals surface area contributed by atoms with Crippen LogP contribution >= 0.6 is 0 Å². The fourth-order valence-corrected chi connectivity index (χ4v) is 5.80. The number of nitrogens with one attached hydrogen (secondary N) is 4. The smallest absolute Gasteiger partial charge is 0.267 e. The van der Waals surface area contributed by atoms with E-state index in [0.717, 1.165) is 29.4 Å². The maximum absolute atomic E-state index is 12.9. The Kier molecular flexibility index (Phi) is 20.0. The maximum atomic E-state index is 12.9. The van der Waals surface area contributed by atoms with Gasteiger partial charge in [-0.25, -0.2) is 5.01 Å². The van der Waals surface area contributed by atoms with E-state index in [4.69, 9.17) is 9.47 Å². The van der Waals surface area contributed by atoms with Crippen molar-refractivity contribution >= 4 is 46.6 Å². The summed E-state index contributed by atoms with van der Waals surface area (Å²) in [6.07, 6.45) is 8.65. The number of carbonyl (C=O) groups excluding carboxylic acids is 3. The maximum Gasteiger partial charge on any atom is 0.267 e. The Hall–Kier alpha value is -3.02. The van der Waals surface area contributed by atoms with Gasteiger partial charge in [0.1, 0.15) is 19.6 Å². The van der Waals surface area contributed by atoms with E-state index in [2.05, 4.69) is 29.2 Å². The molecule has 0 unspecified atom stereocenters. The molecule has 3 amide bonds. The van der Waals surface area contributed by atoms with E-state index in [1.807, 2.05) is 54.0 Å². The molecule has 1 heterocycles. The third-order valence-electron chi connectivity index (χ3n) is 7.76. The van der Waals surface area contributed by atoms with Gasteiger partial charge in [0.2, 0.25) is 17.7 Å². The van der Waals surface area contributed by atoms with Crippen LogP contribution in [-0.4, -0.2) is 114 Å². The zero-order valence-electron chi connectivity index (χ0n) is 28.8. The van der Waals surface area contributed by atoms with Crippen molar-refractivity contribution in [1.82, 2.24) is 31.0 Å². The van der Waals surface area contributed by atoms with Crippen LogP contribution < -0.4 is 21.4 Å². The van der Waals surface area contributed by atoms with Gasteiger partial charge < -0.3 is 30.0 Å². The quantitative estimate of drug-likeness (QED) is 0.0392. The van der Waals surface area contributed by atoms with Crippen LogP contribution in [0.15, 0.2) is 30.3 Å². The Balaban J connectivity index is 1.66. The molecule has 16 heteroatoms. The van der Waals surface area contributed by atoms with Crippen molar-refractivity contribution in [2.45, 2.75) is 76.8 Å². The van der Waals surface area contributed by atoms with Crippen molar-refractivity contribution < 1.29 is 36.8 Å². The van der Waals surface area contributed by atoms with Gasteiger partial charge in [0.25, 0.3) is 10.1 Å². The number of aromatic nitrogens is 1. The number of aryl methyl sites for hydroxylation is 1. The third kappa shape index (κ3) is 17.4. The number of para-hydroxylation sites is 1. The summed E-state index contributed by atoms with van der Waals surface area (Å²) in [5.41, 5.74) is 4.97. The number of benzene rings is 1. The minimum atomic E-state index is -4.56. The second-order valence-electron chi connectivity index (χ2n) is 11.8. The molecule has 14 nitrogen and oxygen atoms in total. The second-order valence-corrected chi connectivity index (χ2v) is 13.3. The van der Waals surface area contributed by atoms with Crippen LogP contribution in [0.4, 0.5) is 0 Å². The summed E-state index contributed by atoms with van der Waals surface area (Å²) < 4.78 is 45.5. The van der Waals surface area contributed by atoms with Gasteiger partial charge in [-0.2, -0.15) is 8.42 Å². The van der Waals surface area contributed by atoms with E-state index >= 15 is 0 Å². The molecule has 0 spiro atoms. The summed E-state index contributed by atoms with van der Waals surface area (Å²) in [7, 11) is 1.34. The number of unbranched alkanes of at least 4 members (excludes halogenated alkanes) is 5. The fraction of sp³-hybridized carbons (Fsp3) is 0.656. The van der Waals surface area contributed by atoms with Crippen LogP contribution in [0.3, 0.4) is 0 Å². The van der Waals surface area contributed by atoms with Crippen LogP contribution in [0.2, 0.25) is 6.32 Å². The minimum absolute atomic E-state index is 0.0177. The van der Waals surface area contributed by atoms with Crippen molar-refractivity contribution in [2.24, 2.45) is 0 Å². The molecule has 0 bridgehead atoms. The van der Waals surface area contributed by atoms with Crippen LogP contribution in [0, 0.1) is 0 Å². The first-order chi connectivity index (χ1) is 23.0. The number of hydrogen-bond acceptors (Lipinski definition) is 9. The Morgan fingerprint density at radius 2 is 1.56 bits per heavy atom. The fourth-order valence-electron chi connectivity index (χ4n) is 5.14. The SMILES string of the molecule is BCCCCCCCCC(=O)NCCOCCOCCNC(=O)[C@H](CS(=O)(=O)O)NC(=O)CCn1c(CN(C)NC)cc2ccccc21. The summed E-state index contributed by atoms with van der Waals surface area (Å²) in [6.45, 7) is 2.39. The molecule has 270 valence electrons. The molecular formula is C32H55BN6O8S. The largest absolute Gasteiger partial charge is 0.377 e. The van der Waals surface area contributed by atoms with Crippen molar-refractivity contribution in [1.29, 1.82) is 0 Å². The first-order valence-corrected chi connectivity index (χ1v) is 18.5. The number of carbonyl (C=O) groups is 3. The first-order valence-electron chi connectivity index (χ1n) is 16.9. The van der Waals surface area contributed by atoms with Crippen molar-refractivity contribution in [2.75, 3.05) is 59.4 Å². The predicted molar refractivity (Wildman–Crippen MR) is 189 cm³/mol. The van der Waals surface area contributed by atoms with Crippen molar-refractivity contribution in [3.05, 3.63) is 36.0 Å². The van der Waals surface area contributed by atoms with E-state index < -0.39 is 33.7 Å². The number of nitrogens with zero attached hydrogens (tertiary/aromatic N) is 2. The lowest BCUT2D eigenvalue weighted by atomic mass is 9.98. The zero-order valence-corrected chi connectivity index (χ0v) is 29.6. The lowest BCUT2D eigenvalue weighted by molar-refractivity contribution is -0.128. The molecule has 0 radical (unpaired) electrons. The third-order valence-corrected chi connectivity index (χ3v) is 8.52. The van der Waals surface area contributed by atoms with E-state index in [9.17, 15) is 27.4 Å². The van der Waals surface area contributed by atoms with Crippen LogP contribution in [0.25, 0.3) is 10.9 Å². The van der Waals surface area contributed by atoms with Gasteiger partial charge in [-0.05, 0) is 31.0 Å². The molecule has 0 saturated carbocycles. The predicted octanol–water partition coefficient (Wildman–Crippen LogP) is 1.02.